The largest absolute Gasteiger partial charge is 0.463 e. The molecule has 0 heterocycles. The third-order valence-corrected chi connectivity index (χ3v) is 2.99. The lowest BCUT2D eigenvalue weighted by atomic mass is 10.1. The zero-order chi connectivity index (χ0) is 18.0. The van der Waals surface area contributed by atoms with E-state index in [2.05, 4.69) is 13.8 Å². The predicted octanol–water partition coefficient (Wildman–Crippen LogP) is 2.83. The smallest absolute Gasteiger partial charge is 0.306 e. The fourth-order valence-electron chi connectivity index (χ4n) is 1.72. The van der Waals surface area contributed by atoms with E-state index in [-0.39, 0.29) is 12.1 Å². The van der Waals surface area contributed by atoms with Crippen LogP contribution in [0.25, 0.3) is 0 Å². The Morgan fingerprint density at radius 3 is 1.62 bits per heavy atom. The SMILES string of the molecule is CC(C)CCOCCOCCOCCOCCCC(=O)OC(C)C. The van der Waals surface area contributed by atoms with E-state index in [9.17, 15) is 4.79 Å². The van der Waals surface area contributed by atoms with E-state index in [1.807, 2.05) is 13.8 Å². The molecule has 0 atom stereocenters. The van der Waals surface area contributed by atoms with Crippen LogP contribution in [0.2, 0.25) is 0 Å². The second kappa shape index (κ2) is 17.1. The number of rotatable bonds is 17. The molecule has 0 aromatic carbocycles. The molecule has 6 nitrogen and oxygen atoms in total. The third kappa shape index (κ3) is 19.4. The lowest BCUT2D eigenvalue weighted by Gasteiger charge is -2.09. The molecule has 0 saturated heterocycles. The van der Waals surface area contributed by atoms with Gasteiger partial charge < -0.3 is 23.7 Å². The number of carbonyl (C=O) groups is 1. The van der Waals surface area contributed by atoms with Crippen molar-refractivity contribution in [1.29, 1.82) is 0 Å². The van der Waals surface area contributed by atoms with Gasteiger partial charge in [-0.15, -0.1) is 0 Å². The molecule has 0 aliphatic carbocycles. The highest BCUT2D eigenvalue weighted by Crippen LogP contribution is 1.99. The summed E-state index contributed by atoms with van der Waals surface area (Å²) in [7, 11) is 0. The highest BCUT2D eigenvalue weighted by molar-refractivity contribution is 5.69. The van der Waals surface area contributed by atoms with Crippen LogP contribution >= 0.6 is 0 Å². The molecular weight excluding hydrogens is 312 g/mol. The Balaban J connectivity index is 3.09. The molecule has 0 fully saturated rings. The topological polar surface area (TPSA) is 63.2 Å². The van der Waals surface area contributed by atoms with Crippen LogP contribution in [0.1, 0.15) is 47.0 Å². The van der Waals surface area contributed by atoms with Crippen LogP contribution in [-0.2, 0) is 28.5 Å². The van der Waals surface area contributed by atoms with E-state index in [1.54, 1.807) is 0 Å². The van der Waals surface area contributed by atoms with E-state index in [4.69, 9.17) is 23.7 Å². The Kier molecular flexibility index (Phi) is 16.7. The first-order valence-electron chi connectivity index (χ1n) is 9.02. The number of hydrogen-bond donors (Lipinski definition) is 0. The molecule has 0 aliphatic heterocycles. The van der Waals surface area contributed by atoms with Crippen molar-refractivity contribution < 1.29 is 28.5 Å². The summed E-state index contributed by atoms with van der Waals surface area (Å²) in [5.41, 5.74) is 0. The maximum absolute atomic E-state index is 11.3. The highest BCUT2D eigenvalue weighted by atomic mass is 16.6. The monoisotopic (exact) mass is 348 g/mol. The van der Waals surface area contributed by atoms with Crippen LogP contribution in [-0.4, -0.2) is 64.9 Å². The molecule has 6 heteroatoms. The van der Waals surface area contributed by atoms with Gasteiger partial charge >= 0.3 is 5.97 Å². The summed E-state index contributed by atoms with van der Waals surface area (Å²) in [6, 6.07) is 0. The van der Waals surface area contributed by atoms with Crippen LogP contribution in [0.5, 0.6) is 0 Å². The Morgan fingerprint density at radius 2 is 1.17 bits per heavy atom. The van der Waals surface area contributed by atoms with Crippen LogP contribution in [0.15, 0.2) is 0 Å². The molecule has 0 aromatic heterocycles. The minimum absolute atomic E-state index is 0.0550. The Bertz CT molecular complexity index is 281. The summed E-state index contributed by atoms with van der Waals surface area (Å²) >= 11 is 0. The molecule has 0 radical (unpaired) electrons. The van der Waals surface area contributed by atoms with Gasteiger partial charge in [0.15, 0.2) is 0 Å². The lowest BCUT2D eigenvalue weighted by Crippen LogP contribution is -2.13. The maximum Gasteiger partial charge on any atom is 0.306 e. The van der Waals surface area contributed by atoms with Crippen molar-refractivity contribution in [2.24, 2.45) is 5.92 Å². The molecule has 0 amide bonds. The summed E-state index contributed by atoms with van der Waals surface area (Å²) in [4.78, 5) is 11.3. The summed E-state index contributed by atoms with van der Waals surface area (Å²) in [5, 5.41) is 0. The fourth-order valence-corrected chi connectivity index (χ4v) is 1.72. The van der Waals surface area contributed by atoms with Crippen molar-refractivity contribution in [3.63, 3.8) is 0 Å². The van der Waals surface area contributed by atoms with E-state index in [1.165, 1.54) is 0 Å². The molecule has 0 aromatic rings. The van der Waals surface area contributed by atoms with Gasteiger partial charge in [0.05, 0.1) is 45.7 Å². The molecule has 0 bridgehead atoms. The zero-order valence-electron chi connectivity index (χ0n) is 15.9. The second-order valence-electron chi connectivity index (χ2n) is 6.27. The molecule has 24 heavy (non-hydrogen) atoms. The van der Waals surface area contributed by atoms with Gasteiger partial charge in [-0.3, -0.25) is 4.79 Å². The van der Waals surface area contributed by atoms with Gasteiger partial charge in [0.2, 0.25) is 0 Å². The number of carbonyl (C=O) groups excluding carboxylic acids is 1. The summed E-state index contributed by atoms with van der Waals surface area (Å²) < 4.78 is 26.7. The molecule has 0 rings (SSSR count). The van der Waals surface area contributed by atoms with E-state index >= 15 is 0 Å². The van der Waals surface area contributed by atoms with Crippen molar-refractivity contribution in [1.82, 2.24) is 0 Å². The quantitative estimate of drug-likeness (QED) is 0.297. The normalized spacial score (nSPS) is 11.4. The van der Waals surface area contributed by atoms with Crippen molar-refractivity contribution >= 4 is 5.97 Å². The first-order valence-corrected chi connectivity index (χ1v) is 9.02. The number of hydrogen-bond acceptors (Lipinski definition) is 6. The van der Waals surface area contributed by atoms with Gasteiger partial charge in [-0.05, 0) is 32.6 Å². The molecule has 0 spiro atoms. The fraction of sp³-hybridized carbons (Fsp3) is 0.944. The van der Waals surface area contributed by atoms with Crippen LogP contribution in [0.3, 0.4) is 0 Å². The van der Waals surface area contributed by atoms with Gasteiger partial charge in [-0.2, -0.15) is 0 Å². The van der Waals surface area contributed by atoms with Crippen molar-refractivity contribution in [3.8, 4) is 0 Å². The lowest BCUT2D eigenvalue weighted by molar-refractivity contribution is -0.147. The van der Waals surface area contributed by atoms with Gasteiger partial charge in [0.1, 0.15) is 0 Å². The third-order valence-electron chi connectivity index (χ3n) is 2.99. The van der Waals surface area contributed by atoms with Gasteiger partial charge in [-0.25, -0.2) is 0 Å². The van der Waals surface area contributed by atoms with E-state index < -0.39 is 0 Å². The van der Waals surface area contributed by atoms with Crippen molar-refractivity contribution in [3.05, 3.63) is 0 Å². The maximum atomic E-state index is 11.3. The zero-order valence-corrected chi connectivity index (χ0v) is 15.9. The van der Waals surface area contributed by atoms with Crippen LogP contribution in [0.4, 0.5) is 0 Å². The minimum Gasteiger partial charge on any atom is -0.463 e. The molecular formula is C18H36O6. The van der Waals surface area contributed by atoms with Gasteiger partial charge in [0.25, 0.3) is 0 Å². The van der Waals surface area contributed by atoms with Crippen LogP contribution in [0, 0.1) is 5.92 Å². The van der Waals surface area contributed by atoms with Gasteiger partial charge in [0, 0.05) is 19.6 Å². The summed E-state index contributed by atoms with van der Waals surface area (Å²) in [6.45, 7) is 12.8. The van der Waals surface area contributed by atoms with E-state index in [0.29, 0.717) is 65.0 Å². The molecule has 0 N–H and O–H groups in total. The standard InChI is InChI=1S/C18H36O6/c1-16(2)7-9-21-11-13-23-15-14-22-12-10-20-8-5-6-18(19)24-17(3)4/h16-17H,5-15H2,1-4H3. The first kappa shape index (κ1) is 23.3. The van der Waals surface area contributed by atoms with Gasteiger partial charge in [-0.1, -0.05) is 13.8 Å². The highest BCUT2D eigenvalue weighted by Gasteiger charge is 2.04. The molecule has 0 saturated carbocycles. The average molecular weight is 348 g/mol. The Labute approximate surface area is 147 Å². The summed E-state index contributed by atoms with van der Waals surface area (Å²) in [6.07, 6.45) is 2.10. The number of esters is 1. The first-order chi connectivity index (χ1) is 11.5. The predicted molar refractivity (Wildman–Crippen MR) is 93.2 cm³/mol. The number of ether oxygens (including phenoxy) is 5. The van der Waals surface area contributed by atoms with Crippen molar-refractivity contribution in [2.75, 3.05) is 52.9 Å². The van der Waals surface area contributed by atoms with Crippen molar-refractivity contribution in [2.45, 2.75) is 53.1 Å². The summed E-state index contributed by atoms with van der Waals surface area (Å²) in [5.74, 6) is 0.505. The minimum atomic E-state index is -0.171. The molecule has 0 unspecified atom stereocenters. The second-order valence-corrected chi connectivity index (χ2v) is 6.27. The Morgan fingerprint density at radius 1 is 0.708 bits per heavy atom. The van der Waals surface area contributed by atoms with Crippen LogP contribution < -0.4 is 0 Å². The molecule has 0 aliphatic rings. The Hall–Kier alpha value is -0.690. The average Bonchev–Trinajstić information content (AvgIpc) is 2.50. The molecule has 144 valence electrons. The van der Waals surface area contributed by atoms with E-state index in [0.717, 1.165) is 13.0 Å².